The van der Waals surface area contributed by atoms with Gasteiger partial charge in [-0.2, -0.15) is 5.26 Å². The van der Waals surface area contributed by atoms with Crippen molar-refractivity contribution in [3.05, 3.63) is 64.5 Å². The molecular formula is C19H19FN2O. The molecule has 118 valence electrons. The fraction of sp³-hybridized carbons (Fsp3) is 0.263. The number of halogens is 1. The second-order valence-corrected chi connectivity index (χ2v) is 5.60. The monoisotopic (exact) mass is 310 g/mol. The first-order valence-electron chi connectivity index (χ1n) is 7.46. The summed E-state index contributed by atoms with van der Waals surface area (Å²) in [6.45, 7) is 5.89. The van der Waals surface area contributed by atoms with Crippen LogP contribution in [-0.2, 0) is 0 Å². The van der Waals surface area contributed by atoms with Gasteiger partial charge >= 0.3 is 0 Å². The van der Waals surface area contributed by atoms with Crippen LogP contribution in [-0.4, -0.2) is 12.5 Å². The average Bonchev–Trinajstić information content (AvgIpc) is 2.53. The van der Waals surface area contributed by atoms with Crippen molar-refractivity contribution in [2.24, 2.45) is 0 Å². The molecule has 3 nitrogen and oxygen atoms in total. The largest absolute Gasteiger partial charge is 0.307 e. The summed E-state index contributed by atoms with van der Waals surface area (Å²) in [6, 6.07) is 12.2. The van der Waals surface area contributed by atoms with Gasteiger partial charge in [-0.1, -0.05) is 12.1 Å². The molecule has 0 heterocycles. The highest BCUT2D eigenvalue weighted by molar-refractivity contribution is 6.06. The van der Waals surface area contributed by atoms with Gasteiger partial charge in [-0.05, 0) is 61.7 Å². The molecule has 0 aliphatic heterocycles. The zero-order chi connectivity index (χ0) is 17.0. The number of hydrogen-bond donors (Lipinski definition) is 0. The second kappa shape index (κ2) is 7.06. The van der Waals surface area contributed by atoms with Gasteiger partial charge in [0, 0.05) is 17.8 Å². The predicted molar refractivity (Wildman–Crippen MR) is 89.0 cm³/mol. The summed E-state index contributed by atoms with van der Waals surface area (Å²) in [6.07, 6.45) is 0.215. The molecule has 0 spiro atoms. The lowest BCUT2D eigenvalue weighted by molar-refractivity contribution is 0.0987. The summed E-state index contributed by atoms with van der Waals surface area (Å²) in [4.78, 5) is 14.3. The van der Waals surface area contributed by atoms with Crippen molar-refractivity contribution in [1.82, 2.24) is 0 Å². The van der Waals surface area contributed by atoms with Gasteiger partial charge in [-0.3, -0.25) is 4.79 Å². The number of aryl methyl sites for hydroxylation is 3. The van der Waals surface area contributed by atoms with E-state index in [1.807, 2.05) is 32.0 Å². The van der Waals surface area contributed by atoms with Crippen LogP contribution >= 0.6 is 0 Å². The minimum Gasteiger partial charge on any atom is -0.307 e. The van der Waals surface area contributed by atoms with E-state index in [1.54, 1.807) is 19.1 Å². The van der Waals surface area contributed by atoms with Gasteiger partial charge in [0.2, 0.25) is 0 Å². The van der Waals surface area contributed by atoms with Crippen molar-refractivity contribution in [2.45, 2.75) is 27.2 Å². The number of nitrogens with zero attached hydrogens (tertiary/aromatic N) is 2. The first-order valence-corrected chi connectivity index (χ1v) is 7.46. The van der Waals surface area contributed by atoms with E-state index in [2.05, 4.69) is 6.07 Å². The Morgan fingerprint density at radius 3 is 2.39 bits per heavy atom. The van der Waals surface area contributed by atoms with E-state index in [0.717, 1.165) is 11.1 Å². The third-order valence-corrected chi connectivity index (χ3v) is 3.91. The first-order chi connectivity index (χ1) is 10.9. The summed E-state index contributed by atoms with van der Waals surface area (Å²) in [7, 11) is 0. The minimum absolute atomic E-state index is 0.215. The van der Waals surface area contributed by atoms with Crippen molar-refractivity contribution in [2.75, 3.05) is 11.4 Å². The van der Waals surface area contributed by atoms with Crippen molar-refractivity contribution in [1.29, 1.82) is 5.26 Å². The SMILES string of the molecule is Cc1ccc(N(CCC#N)C(=O)c2ccc(C)c(F)c2)cc1C. The van der Waals surface area contributed by atoms with Crippen LogP contribution in [0.3, 0.4) is 0 Å². The summed E-state index contributed by atoms with van der Waals surface area (Å²) in [5, 5.41) is 8.85. The molecule has 0 saturated heterocycles. The van der Waals surface area contributed by atoms with Gasteiger partial charge in [-0.15, -0.1) is 0 Å². The predicted octanol–water partition coefficient (Wildman–Crippen LogP) is 4.31. The number of rotatable bonds is 4. The third kappa shape index (κ3) is 3.75. The van der Waals surface area contributed by atoms with Crippen molar-refractivity contribution >= 4 is 11.6 Å². The van der Waals surface area contributed by atoms with Gasteiger partial charge in [0.15, 0.2) is 0 Å². The zero-order valence-corrected chi connectivity index (χ0v) is 13.6. The molecule has 0 saturated carbocycles. The Hall–Kier alpha value is -2.67. The molecule has 2 aromatic rings. The molecule has 0 N–H and O–H groups in total. The third-order valence-electron chi connectivity index (χ3n) is 3.91. The van der Waals surface area contributed by atoms with Crippen LogP contribution < -0.4 is 4.90 Å². The molecule has 0 aromatic heterocycles. The van der Waals surface area contributed by atoms with Crippen LogP contribution in [0.2, 0.25) is 0 Å². The summed E-state index contributed by atoms with van der Waals surface area (Å²) in [5.41, 5.74) is 3.69. The molecule has 0 radical (unpaired) electrons. The Morgan fingerprint density at radius 2 is 1.78 bits per heavy atom. The highest BCUT2D eigenvalue weighted by Crippen LogP contribution is 2.22. The number of amides is 1. The smallest absolute Gasteiger partial charge is 0.258 e. The van der Waals surface area contributed by atoms with E-state index in [9.17, 15) is 9.18 Å². The van der Waals surface area contributed by atoms with E-state index in [1.165, 1.54) is 11.0 Å². The minimum atomic E-state index is -0.406. The average molecular weight is 310 g/mol. The van der Waals surface area contributed by atoms with Gasteiger partial charge < -0.3 is 4.90 Å². The maximum atomic E-state index is 13.8. The molecule has 4 heteroatoms. The summed E-state index contributed by atoms with van der Waals surface area (Å²) >= 11 is 0. The Morgan fingerprint density at radius 1 is 1.09 bits per heavy atom. The first kappa shape index (κ1) is 16.7. The Labute approximate surface area is 136 Å². The fourth-order valence-electron chi connectivity index (χ4n) is 2.28. The molecule has 23 heavy (non-hydrogen) atoms. The summed E-state index contributed by atoms with van der Waals surface area (Å²) < 4.78 is 13.8. The molecule has 2 aromatic carbocycles. The van der Waals surface area contributed by atoms with E-state index in [4.69, 9.17) is 5.26 Å². The van der Waals surface area contributed by atoms with Gasteiger partial charge in [0.05, 0.1) is 12.5 Å². The highest BCUT2D eigenvalue weighted by Gasteiger charge is 2.19. The quantitative estimate of drug-likeness (QED) is 0.844. The zero-order valence-electron chi connectivity index (χ0n) is 13.6. The lowest BCUT2D eigenvalue weighted by atomic mass is 10.1. The fourth-order valence-corrected chi connectivity index (χ4v) is 2.28. The summed E-state index contributed by atoms with van der Waals surface area (Å²) in [5.74, 6) is -0.710. The van der Waals surface area contributed by atoms with Crippen LogP contribution in [0.25, 0.3) is 0 Å². The van der Waals surface area contributed by atoms with E-state index in [0.29, 0.717) is 11.3 Å². The van der Waals surface area contributed by atoms with Crippen LogP contribution in [0, 0.1) is 37.9 Å². The molecule has 0 unspecified atom stereocenters. The molecule has 0 bridgehead atoms. The van der Waals surface area contributed by atoms with Crippen molar-refractivity contribution in [3.63, 3.8) is 0 Å². The van der Waals surface area contributed by atoms with Gasteiger partial charge in [0.25, 0.3) is 5.91 Å². The lowest BCUT2D eigenvalue weighted by Gasteiger charge is -2.23. The molecule has 1 amide bonds. The van der Waals surface area contributed by atoms with E-state index < -0.39 is 5.82 Å². The Balaban J connectivity index is 2.40. The van der Waals surface area contributed by atoms with E-state index >= 15 is 0 Å². The molecule has 0 aliphatic rings. The normalized spacial score (nSPS) is 10.2. The molecule has 2 rings (SSSR count). The van der Waals surface area contributed by atoms with Crippen LogP contribution in [0.1, 0.15) is 33.5 Å². The number of carbonyl (C=O) groups is 1. The Kier molecular flexibility index (Phi) is 5.13. The van der Waals surface area contributed by atoms with Gasteiger partial charge in [-0.25, -0.2) is 4.39 Å². The van der Waals surface area contributed by atoms with Crippen molar-refractivity contribution < 1.29 is 9.18 Å². The number of anilines is 1. The maximum absolute atomic E-state index is 13.8. The lowest BCUT2D eigenvalue weighted by Crippen LogP contribution is -2.32. The highest BCUT2D eigenvalue weighted by atomic mass is 19.1. The Bertz CT molecular complexity index is 777. The number of hydrogen-bond acceptors (Lipinski definition) is 2. The van der Waals surface area contributed by atoms with Gasteiger partial charge in [0.1, 0.15) is 5.82 Å². The molecule has 0 fully saturated rings. The van der Waals surface area contributed by atoms with Crippen molar-refractivity contribution in [3.8, 4) is 6.07 Å². The molecule has 0 aliphatic carbocycles. The van der Waals surface area contributed by atoms with Crippen LogP contribution in [0.4, 0.5) is 10.1 Å². The van der Waals surface area contributed by atoms with Crippen LogP contribution in [0.5, 0.6) is 0 Å². The van der Waals surface area contributed by atoms with E-state index in [-0.39, 0.29) is 24.4 Å². The number of benzene rings is 2. The number of nitriles is 1. The number of carbonyl (C=O) groups excluding carboxylic acids is 1. The van der Waals surface area contributed by atoms with Crippen LogP contribution in [0.15, 0.2) is 36.4 Å². The second-order valence-electron chi connectivity index (χ2n) is 5.60. The molecular weight excluding hydrogens is 291 g/mol. The maximum Gasteiger partial charge on any atom is 0.258 e. The molecule has 0 atom stereocenters. The topological polar surface area (TPSA) is 44.1 Å². The standard InChI is InChI=1S/C19H19FN2O/c1-13-6-8-17(11-15(13)3)22(10-4-9-21)19(23)16-7-5-14(2)18(20)12-16/h5-8,11-12H,4,10H2,1-3H3.